The first-order valence-corrected chi connectivity index (χ1v) is 13.6. The van der Waals surface area contributed by atoms with E-state index in [1.165, 1.54) is 0 Å². The minimum atomic E-state index is -0.446. The minimum Gasteiger partial charge on any atom is -0.494 e. The number of carbonyl (C=O) groups excluding carboxylic acids is 2. The van der Waals surface area contributed by atoms with Gasteiger partial charge in [-0.25, -0.2) is 4.79 Å². The van der Waals surface area contributed by atoms with E-state index in [0.717, 1.165) is 23.3 Å². The van der Waals surface area contributed by atoms with Gasteiger partial charge in [-0.3, -0.25) is 4.79 Å². The van der Waals surface area contributed by atoms with Gasteiger partial charge in [-0.2, -0.15) is 0 Å². The van der Waals surface area contributed by atoms with Gasteiger partial charge in [0, 0.05) is 0 Å². The molecular formula is C32H38O8. The lowest BCUT2D eigenvalue weighted by atomic mass is 10.1. The zero-order valence-corrected chi connectivity index (χ0v) is 23.4. The van der Waals surface area contributed by atoms with Crippen molar-refractivity contribution in [2.75, 3.05) is 46.2 Å². The van der Waals surface area contributed by atoms with Gasteiger partial charge in [0.15, 0.2) is 0 Å². The zero-order chi connectivity index (χ0) is 28.6. The SMILES string of the molecule is CCOc1ccc(-c2ccc(OC(=O)c3ccc(OCCOCCOCCOC(=O)C(C)CC)cc3)cc2)cc1. The van der Waals surface area contributed by atoms with Gasteiger partial charge in [0.05, 0.1) is 44.5 Å². The van der Waals surface area contributed by atoms with Crippen molar-refractivity contribution >= 4 is 11.9 Å². The Balaban J connectivity index is 1.30. The summed E-state index contributed by atoms with van der Waals surface area (Å²) in [6.45, 7) is 8.52. The van der Waals surface area contributed by atoms with E-state index in [1.54, 1.807) is 36.4 Å². The van der Waals surface area contributed by atoms with Crippen LogP contribution < -0.4 is 14.2 Å². The fraction of sp³-hybridized carbons (Fsp3) is 0.375. The molecule has 0 amide bonds. The molecule has 0 aliphatic rings. The predicted molar refractivity (Wildman–Crippen MR) is 152 cm³/mol. The maximum absolute atomic E-state index is 12.5. The van der Waals surface area contributed by atoms with Crippen molar-refractivity contribution in [3.05, 3.63) is 78.4 Å². The van der Waals surface area contributed by atoms with E-state index < -0.39 is 5.97 Å². The van der Waals surface area contributed by atoms with E-state index in [9.17, 15) is 9.59 Å². The molecule has 0 bridgehead atoms. The molecule has 0 aliphatic carbocycles. The van der Waals surface area contributed by atoms with Crippen LogP contribution in [0, 0.1) is 5.92 Å². The molecule has 0 saturated carbocycles. The lowest BCUT2D eigenvalue weighted by molar-refractivity contribution is -0.149. The first-order valence-electron chi connectivity index (χ1n) is 13.6. The zero-order valence-electron chi connectivity index (χ0n) is 23.4. The summed E-state index contributed by atoms with van der Waals surface area (Å²) in [7, 11) is 0. The molecule has 3 aromatic carbocycles. The predicted octanol–water partition coefficient (Wildman–Crippen LogP) is 5.97. The van der Waals surface area contributed by atoms with Crippen molar-refractivity contribution in [2.45, 2.75) is 27.2 Å². The maximum atomic E-state index is 12.5. The molecule has 1 unspecified atom stereocenters. The summed E-state index contributed by atoms with van der Waals surface area (Å²) < 4.78 is 32.6. The molecule has 214 valence electrons. The standard InChI is InChI=1S/C32H38O8/c1-4-24(3)31(33)39-23-21-36-19-18-35-20-22-38-29-14-10-27(11-15-29)32(34)40-30-16-8-26(9-17-30)25-6-12-28(13-7-25)37-5-2/h6-17,24H,4-5,18-23H2,1-3H3. The van der Waals surface area contributed by atoms with E-state index in [1.807, 2.05) is 57.2 Å². The van der Waals surface area contributed by atoms with E-state index in [0.29, 0.717) is 56.7 Å². The normalized spacial score (nSPS) is 11.5. The van der Waals surface area contributed by atoms with Crippen LogP contribution in [0.5, 0.6) is 17.2 Å². The minimum absolute atomic E-state index is 0.0897. The number of hydrogen-bond acceptors (Lipinski definition) is 8. The van der Waals surface area contributed by atoms with E-state index >= 15 is 0 Å². The fourth-order valence-corrected chi connectivity index (χ4v) is 3.53. The molecule has 0 fully saturated rings. The van der Waals surface area contributed by atoms with Crippen LogP contribution >= 0.6 is 0 Å². The Bertz CT molecular complexity index is 1160. The Kier molecular flexibility index (Phi) is 13.0. The summed E-state index contributed by atoms with van der Waals surface area (Å²) in [6.07, 6.45) is 0.758. The fourth-order valence-electron chi connectivity index (χ4n) is 3.53. The van der Waals surface area contributed by atoms with Crippen LogP contribution in [-0.4, -0.2) is 58.2 Å². The summed E-state index contributed by atoms with van der Waals surface area (Å²) in [5.74, 6) is 1.19. The number of esters is 2. The van der Waals surface area contributed by atoms with Crippen molar-refractivity contribution in [1.29, 1.82) is 0 Å². The molecule has 3 rings (SSSR count). The van der Waals surface area contributed by atoms with E-state index in [4.69, 9.17) is 28.4 Å². The Morgan fingerprint density at radius 3 is 1.70 bits per heavy atom. The molecule has 40 heavy (non-hydrogen) atoms. The van der Waals surface area contributed by atoms with Crippen LogP contribution in [0.1, 0.15) is 37.6 Å². The molecule has 0 radical (unpaired) electrons. The molecule has 0 heterocycles. The topological polar surface area (TPSA) is 89.5 Å². The Labute approximate surface area is 236 Å². The van der Waals surface area contributed by atoms with Crippen molar-refractivity contribution in [3.63, 3.8) is 0 Å². The number of ether oxygens (including phenoxy) is 6. The number of carbonyl (C=O) groups is 2. The number of rotatable bonds is 17. The maximum Gasteiger partial charge on any atom is 0.343 e. The highest BCUT2D eigenvalue weighted by molar-refractivity contribution is 5.91. The monoisotopic (exact) mass is 550 g/mol. The molecule has 1 atom stereocenters. The Morgan fingerprint density at radius 1 is 0.625 bits per heavy atom. The third-order valence-electron chi connectivity index (χ3n) is 6.01. The van der Waals surface area contributed by atoms with Crippen molar-refractivity contribution in [2.24, 2.45) is 5.92 Å². The van der Waals surface area contributed by atoms with E-state index in [2.05, 4.69) is 0 Å². The largest absolute Gasteiger partial charge is 0.494 e. The average molecular weight is 551 g/mol. The van der Waals surface area contributed by atoms with Crippen LogP contribution in [0.3, 0.4) is 0 Å². The summed E-state index contributed by atoms with van der Waals surface area (Å²) in [4.78, 5) is 24.1. The highest BCUT2D eigenvalue weighted by Gasteiger charge is 2.11. The lowest BCUT2D eigenvalue weighted by Gasteiger charge is -2.10. The molecule has 3 aromatic rings. The smallest absolute Gasteiger partial charge is 0.343 e. The second-order valence-electron chi connectivity index (χ2n) is 8.95. The molecule has 8 heteroatoms. The van der Waals surface area contributed by atoms with Crippen molar-refractivity contribution in [1.82, 2.24) is 0 Å². The van der Waals surface area contributed by atoms with Crippen molar-refractivity contribution in [3.8, 4) is 28.4 Å². The molecule has 0 spiro atoms. The lowest BCUT2D eigenvalue weighted by Crippen LogP contribution is -2.18. The van der Waals surface area contributed by atoms with Crippen LogP contribution in [0.15, 0.2) is 72.8 Å². The Morgan fingerprint density at radius 2 is 1.12 bits per heavy atom. The van der Waals surface area contributed by atoms with E-state index in [-0.39, 0.29) is 18.5 Å². The van der Waals surface area contributed by atoms with Gasteiger partial charge < -0.3 is 28.4 Å². The average Bonchev–Trinajstić information content (AvgIpc) is 2.98. The first kappa shape index (κ1) is 30.7. The highest BCUT2D eigenvalue weighted by atomic mass is 16.6. The summed E-state index contributed by atoms with van der Waals surface area (Å²) >= 11 is 0. The summed E-state index contributed by atoms with van der Waals surface area (Å²) in [5.41, 5.74) is 2.49. The summed E-state index contributed by atoms with van der Waals surface area (Å²) in [6, 6.07) is 22.0. The molecule has 8 nitrogen and oxygen atoms in total. The van der Waals surface area contributed by atoms with Crippen LogP contribution in [0.4, 0.5) is 0 Å². The van der Waals surface area contributed by atoms with Gasteiger partial charge in [-0.1, -0.05) is 38.1 Å². The Hall–Kier alpha value is -3.88. The first-order chi connectivity index (χ1) is 19.5. The van der Waals surface area contributed by atoms with Crippen LogP contribution in [-0.2, 0) is 19.0 Å². The quantitative estimate of drug-likeness (QED) is 0.115. The van der Waals surface area contributed by atoms with Gasteiger partial charge in [-0.05, 0) is 73.0 Å². The molecule has 0 aliphatic heterocycles. The molecule has 0 N–H and O–H groups in total. The van der Waals surface area contributed by atoms with Gasteiger partial charge in [0.1, 0.15) is 30.5 Å². The summed E-state index contributed by atoms with van der Waals surface area (Å²) in [5, 5.41) is 0. The number of benzene rings is 3. The third kappa shape index (κ3) is 10.4. The highest BCUT2D eigenvalue weighted by Crippen LogP contribution is 2.25. The molecule has 0 saturated heterocycles. The number of hydrogen-bond donors (Lipinski definition) is 0. The molecular weight excluding hydrogens is 512 g/mol. The van der Waals surface area contributed by atoms with Crippen LogP contribution in [0.25, 0.3) is 11.1 Å². The van der Waals surface area contributed by atoms with Gasteiger partial charge >= 0.3 is 11.9 Å². The van der Waals surface area contributed by atoms with Gasteiger partial charge in [-0.15, -0.1) is 0 Å². The van der Waals surface area contributed by atoms with Crippen LogP contribution in [0.2, 0.25) is 0 Å². The molecule has 0 aromatic heterocycles. The van der Waals surface area contributed by atoms with Gasteiger partial charge in [0.2, 0.25) is 0 Å². The van der Waals surface area contributed by atoms with Gasteiger partial charge in [0.25, 0.3) is 0 Å². The van der Waals surface area contributed by atoms with Crippen molar-refractivity contribution < 1.29 is 38.0 Å². The second kappa shape index (κ2) is 16.9. The second-order valence-corrected chi connectivity index (χ2v) is 8.95. The third-order valence-corrected chi connectivity index (χ3v) is 6.01.